The van der Waals surface area contributed by atoms with Crippen LogP contribution < -0.4 is 10.1 Å². The first-order valence-electron chi connectivity index (χ1n) is 5.57. The fourth-order valence-electron chi connectivity index (χ4n) is 1.82. The number of benzene rings is 1. The van der Waals surface area contributed by atoms with Gasteiger partial charge in [-0.3, -0.25) is 4.98 Å². The molecule has 1 aromatic heterocycles. The number of rotatable bonds is 4. The summed E-state index contributed by atoms with van der Waals surface area (Å²) in [6.07, 6.45) is 3.65. The number of ether oxygens (including phenoxy) is 1. The van der Waals surface area contributed by atoms with E-state index in [4.69, 9.17) is 4.74 Å². The molecule has 1 N–H and O–H groups in total. The van der Waals surface area contributed by atoms with Crippen molar-refractivity contribution in [1.29, 1.82) is 0 Å². The maximum atomic E-state index is 5.33. The Kier molecular flexibility index (Phi) is 3.73. The highest BCUT2D eigenvalue weighted by molar-refractivity contribution is 5.64. The molecular formula is C14H16N2O. The summed E-state index contributed by atoms with van der Waals surface area (Å²) in [6.45, 7) is 0.789. The van der Waals surface area contributed by atoms with E-state index in [1.54, 1.807) is 13.3 Å². The van der Waals surface area contributed by atoms with Gasteiger partial charge in [0.15, 0.2) is 0 Å². The van der Waals surface area contributed by atoms with Crippen molar-refractivity contribution >= 4 is 0 Å². The summed E-state index contributed by atoms with van der Waals surface area (Å²) in [5, 5.41) is 3.14. The van der Waals surface area contributed by atoms with Crippen LogP contribution >= 0.6 is 0 Å². The normalized spacial score (nSPS) is 10.2. The molecule has 0 aliphatic rings. The topological polar surface area (TPSA) is 34.2 Å². The second-order valence-corrected chi connectivity index (χ2v) is 3.80. The highest BCUT2D eigenvalue weighted by atomic mass is 16.5. The van der Waals surface area contributed by atoms with E-state index in [0.29, 0.717) is 0 Å². The molecule has 88 valence electrons. The SMILES string of the molecule is CNCc1cc(-c2cccnc2)ccc1OC. The first-order valence-corrected chi connectivity index (χ1v) is 5.57. The van der Waals surface area contributed by atoms with Gasteiger partial charge >= 0.3 is 0 Å². The van der Waals surface area contributed by atoms with E-state index >= 15 is 0 Å². The van der Waals surface area contributed by atoms with Gasteiger partial charge in [0.1, 0.15) is 5.75 Å². The maximum Gasteiger partial charge on any atom is 0.123 e. The fourth-order valence-corrected chi connectivity index (χ4v) is 1.82. The van der Waals surface area contributed by atoms with Crippen LogP contribution in [0.25, 0.3) is 11.1 Å². The third-order valence-corrected chi connectivity index (χ3v) is 2.64. The average Bonchev–Trinajstić information content (AvgIpc) is 2.40. The summed E-state index contributed by atoms with van der Waals surface area (Å²) in [4.78, 5) is 4.13. The van der Waals surface area contributed by atoms with E-state index in [0.717, 1.165) is 29.0 Å². The summed E-state index contributed by atoms with van der Waals surface area (Å²) in [7, 11) is 3.62. The first-order chi connectivity index (χ1) is 8.35. The lowest BCUT2D eigenvalue weighted by atomic mass is 10.0. The zero-order valence-electron chi connectivity index (χ0n) is 10.1. The maximum absolute atomic E-state index is 5.33. The van der Waals surface area contributed by atoms with Gasteiger partial charge in [-0.05, 0) is 30.8 Å². The van der Waals surface area contributed by atoms with Crippen molar-refractivity contribution in [3.05, 3.63) is 48.3 Å². The van der Waals surface area contributed by atoms with Crippen molar-refractivity contribution in [3.8, 4) is 16.9 Å². The molecule has 0 spiro atoms. The van der Waals surface area contributed by atoms with Crippen molar-refractivity contribution in [3.63, 3.8) is 0 Å². The molecule has 0 saturated heterocycles. The average molecular weight is 228 g/mol. The zero-order valence-corrected chi connectivity index (χ0v) is 10.1. The van der Waals surface area contributed by atoms with Crippen LogP contribution in [-0.4, -0.2) is 19.1 Å². The quantitative estimate of drug-likeness (QED) is 0.873. The molecule has 0 fully saturated rings. The second kappa shape index (κ2) is 5.46. The third-order valence-electron chi connectivity index (χ3n) is 2.64. The summed E-state index contributed by atoms with van der Waals surface area (Å²) < 4.78 is 5.33. The summed E-state index contributed by atoms with van der Waals surface area (Å²) >= 11 is 0. The fraction of sp³-hybridized carbons (Fsp3) is 0.214. The molecule has 17 heavy (non-hydrogen) atoms. The Morgan fingerprint density at radius 3 is 2.76 bits per heavy atom. The number of hydrogen-bond acceptors (Lipinski definition) is 3. The molecule has 1 aromatic carbocycles. The largest absolute Gasteiger partial charge is 0.496 e. The molecule has 2 aromatic rings. The minimum Gasteiger partial charge on any atom is -0.496 e. The van der Waals surface area contributed by atoms with Gasteiger partial charge in [-0.1, -0.05) is 12.1 Å². The summed E-state index contributed by atoms with van der Waals surface area (Å²) in [5.41, 5.74) is 3.42. The van der Waals surface area contributed by atoms with Gasteiger partial charge in [-0.15, -0.1) is 0 Å². The van der Waals surface area contributed by atoms with Gasteiger partial charge in [-0.2, -0.15) is 0 Å². The molecule has 1 heterocycles. The predicted molar refractivity (Wildman–Crippen MR) is 69.0 cm³/mol. The van der Waals surface area contributed by atoms with Gasteiger partial charge in [-0.25, -0.2) is 0 Å². The van der Waals surface area contributed by atoms with Crippen LogP contribution in [0.15, 0.2) is 42.7 Å². The number of methoxy groups -OCH3 is 1. The summed E-state index contributed by atoms with van der Waals surface area (Å²) in [6, 6.07) is 10.2. The lowest BCUT2D eigenvalue weighted by Gasteiger charge is -2.10. The zero-order chi connectivity index (χ0) is 12.1. The predicted octanol–water partition coefficient (Wildman–Crippen LogP) is 2.48. The Labute approximate surface area is 101 Å². The Balaban J connectivity index is 2.40. The van der Waals surface area contributed by atoms with Crippen molar-refractivity contribution in [1.82, 2.24) is 10.3 Å². The molecule has 3 heteroatoms. The molecule has 3 nitrogen and oxygen atoms in total. The smallest absolute Gasteiger partial charge is 0.123 e. The molecular weight excluding hydrogens is 212 g/mol. The molecule has 0 bridgehead atoms. The molecule has 0 saturated carbocycles. The van der Waals surface area contributed by atoms with E-state index in [2.05, 4.69) is 28.5 Å². The lowest BCUT2D eigenvalue weighted by Crippen LogP contribution is -2.06. The molecule has 0 amide bonds. The lowest BCUT2D eigenvalue weighted by molar-refractivity contribution is 0.408. The Morgan fingerprint density at radius 2 is 2.12 bits per heavy atom. The van der Waals surface area contributed by atoms with Gasteiger partial charge in [0, 0.05) is 30.1 Å². The molecule has 0 aliphatic carbocycles. The summed E-state index contributed by atoms with van der Waals surface area (Å²) in [5.74, 6) is 0.909. The molecule has 0 atom stereocenters. The van der Waals surface area contributed by atoms with Gasteiger partial charge < -0.3 is 10.1 Å². The van der Waals surface area contributed by atoms with Gasteiger partial charge in [0.05, 0.1) is 7.11 Å². The van der Waals surface area contributed by atoms with Crippen molar-refractivity contribution in [2.24, 2.45) is 0 Å². The van der Waals surface area contributed by atoms with Gasteiger partial charge in [0.2, 0.25) is 0 Å². The van der Waals surface area contributed by atoms with E-state index in [-0.39, 0.29) is 0 Å². The Hall–Kier alpha value is -1.87. The van der Waals surface area contributed by atoms with E-state index in [1.165, 1.54) is 0 Å². The van der Waals surface area contributed by atoms with Crippen LogP contribution in [0.4, 0.5) is 0 Å². The second-order valence-electron chi connectivity index (χ2n) is 3.80. The number of pyridine rings is 1. The highest BCUT2D eigenvalue weighted by Crippen LogP contribution is 2.25. The Morgan fingerprint density at radius 1 is 1.24 bits per heavy atom. The van der Waals surface area contributed by atoms with E-state index in [1.807, 2.05) is 25.4 Å². The third kappa shape index (κ3) is 2.63. The van der Waals surface area contributed by atoms with Crippen molar-refractivity contribution < 1.29 is 4.74 Å². The van der Waals surface area contributed by atoms with Crippen LogP contribution in [0, 0.1) is 0 Å². The molecule has 0 aliphatic heterocycles. The first kappa shape index (κ1) is 11.6. The highest BCUT2D eigenvalue weighted by Gasteiger charge is 2.05. The number of nitrogens with one attached hydrogen (secondary N) is 1. The van der Waals surface area contributed by atoms with Crippen LogP contribution in [0.2, 0.25) is 0 Å². The number of hydrogen-bond donors (Lipinski definition) is 1. The molecule has 2 rings (SSSR count). The van der Waals surface area contributed by atoms with Gasteiger partial charge in [0.25, 0.3) is 0 Å². The standard InChI is InChI=1S/C14H16N2O/c1-15-9-13-8-11(5-6-14(13)17-2)12-4-3-7-16-10-12/h3-8,10,15H,9H2,1-2H3. The molecule has 0 unspecified atom stereocenters. The number of nitrogens with zero attached hydrogens (tertiary/aromatic N) is 1. The molecule has 0 radical (unpaired) electrons. The van der Waals surface area contributed by atoms with Crippen molar-refractivity contribution in [2.45, 2.75) is 6.54 Å². The van der Waals surface area contributed by atoms with E-state index in [9.17, 15) is 0 Å². The Bertz CT molecular complexity index is 483. The van der Waals surface area contributed by atoms with Crippen molar-refractivity contribution in [2.75, 3.05) is 14.2 Å². The monoisotopic (exact) mass is 228 g/mol. The van der Waals surface area contributed by atoms with Crippen LogP contribution in [0.1, 0.15) is 5.56 Å². The minimum absolute atomic E-state index is 0.789. The number of aromatic nitrogens is 1. The minimum atomic E-state index is 0.789. The van der Waals surface area contributed by atoms with Crippen LogP contribution in [-0.2, 0) is 6.54 Å². The van der Waals surface area contributed by atoms with E-state index < -0.39 is 0 Å². The van der Waals surface area contributed by atoms with Crippen LogP contribution in [0.3, 0.4) is 0 Å². The van der Waals surface area contributed by atoms with Crippen LogP contribution in [0.5, 0.6) is 5.75 Å².